The Morgan fingerprint density at radius 1 is 1.45 bits per heavy atom. The number of nitrogens with one attached hydrogen (secondary N) is 2. The monoisotopic (exact) mass is 278 g/mol. The summed E-state index contributed by atoms with van der Waals surface area (Å²) < 4.78 is 12.9. The molecule has 2 N–H and O–H groups in total. The first-order chi connectivity index (χ1) is 9.56. The standard InChI is InChI=1S/C16H23FN2O/c1-11-4-3-9-18-15(11)10-16(20)19-12(2)13-5-7-14(17)8-6-13/h5-8,11-12,15,18H,3-4,9-10H2,1-2H3,(H,19,20). The van der Waals surface area contributed by atoms with Gasteiger partial charge in [0.05, 0.1) is 6.04 Å². The average molecular weight is 278 g/mol. The highest BCUT2D eigenvalue weighted by molar-refractivity contribution is 5.77. The number of carbonyl (C=O) groups is 1. The largest absolute Gasteiger partial charge is 0.350 e. The molecule has 3 nitrogen and oxygen atoms in total. The second kappa shape index (κ2) is 6.84. The maximum absolute atomic E-state index is 12.9. The summed E-state index contributed by atoms with van der Waals surface area (Å²) in [5, 5.41) is 6.39. The van der Waals surface area contributed by atoms with Crippen molar-refractivity contribution in [3.63, 3.8) is 0 Å². The van der Waals surface area contributed by atoms with Crippen LogP contribution in [0, 0.1) is 11.7 Å². The Morgan fingerprint density at radius 3 is 2.80 bits per heavy atom. The van der Waals surface area contributed by atoms with E-state index in [1.54, 1.807) is 12.1 Å². The highest BCUT2D eigenvalue weighted by Gasteiger charge is 2.23. The molecule has 0 saturated carbocycles. The van der Waals surface area contributed by atoms with Crippen molar-refractivity contribution in [1.29, 1.82) is 0 Å². The van der Waals surface area contributed by atoms with E-state index in [-0.39, 0.29) is 23.8 Å². The lowest BCUT2D eigenvalue weighted by Gasteiger charge is -2.30. The van der Waals surface area contributed by atoms with E-state index in [9.17, 15) is 9.18 Å². The Hall–Kier alpha value is -1.42. The minimum Gasteiger partial charge on any atom is -0.350 e. The minimum atomic E-state index is -0.257. The number of halogens is 1. The lowest BCUT2D eigenvalue weighted by atomic mass is 9.90. The second-order valence-electron chi connectivity index (χ2n) is 5.73. The molecular formula is C16H23FN2O. The topological polar surface area (TPSA) is 41.1 Å². The summed E-state index contributed by atoms with van der Waals surface area (Å²) in [5.41, 5.74) is 0.921. The number of piperidine rings is 1. The van der Waals surface area contributed by atoms with E-state index < -0.39 is 0 Å². The van der Waals surface area contributed by atoms with Crippen LogP contribution in [0.1, 0.15) is 44.7 Å². The van der Waals surface area contributed by atoms with Crippen molar-refractivity contribution in [2.24, 2.45) is 5.92 Å². The van der Waals surface area contributed by atoms with E-state index in [0.29, 0.717) is 12.3 Å². The van der Waals surface area contributed by atoms with Gasteiger partial charge in [0, 0.05) is 12.5 Å². The van der Waals surface area contributed by atoms with Gasteiger partial charge in [-0.15, -0.1) is 0 Å². The molecule has 1 aliphatic heterocycles. The maximum Gasteiger partial charge on any atom is 0.222 e. The smallest absolute Gasteiger partial charge is 0.222 e. The summed E-state index contributed by atoms with van der Waals surface area (Å²) in [7, 11) is 0. The first kappa shape index (κ1) is 15.0. The van der Waals surface area contributed by atoms with Gasteiger partial charge in [-0.3, -0.25) is 4.79 Å². The molecule has 1 fully saturated rings. The molecule has 2 rings (SSSR count). The molecule has 0 radical (unpaired) electrons. The minimum absolute atomic E-state index is 0.0491. The lowest BCUT2D eigenvalue weighted by Crippen LogP contribution is -2.43. The first-order valence-corrected chi connectivity index (χ1v) is 7.34. The summed E-state index contributed by atoms with van der Waals surface area (Å²) in [6.45, 7) is 5.10. The highest BCUT2D eigenvalue weighted by atomic mass is 19.1. The lowest BCUT2D eigenvalue weighted by molar-refractivity contribution is -0.122. The molecule has 4 heteroatoms. The molecule has 0 aromatic heterocycles. The number of amides is 1. The third kappa shape index (κ3) is 4.04. The molecule has 1 heterocycles. The van der Waals surface area contributed by atoms with Crippen molar-refractivity contribution in [3.05, 3.63) is 35.6 Å². The van der Waals surface area contributed by atoms with E-state index in [2.05, 4.69) is 17.6 Å². The number of hydrogen-bond donors (Lipinski definition) is 2. The molecular weight excluding hydrogens is 255 g/mol. The van der Waals surface area contributed by atoms with Crippen molar-refractivity contribution < 1.29 is 9.18 Å². The second-order valence-corrected chi connectivity index (χ2v) is 5.73. The van der Waals surface area contributed by atoms with Crippen molar-refractivity contribution in [1.82, 2.24) is 10.6 Å². The van der Waals surface area contributed by atoms with Gasteiger partial charge in [-0.05, 0) is 49.9 Å². The molecule has 0 bridgehead atoms. The normalized spacial score (nSPS) is 24.1. The fraction of sp³-hybridized carbons (Fsp3) is 0.562. The van der Waals surface area contributed by atoms with Crippen LogP contribution in [0.3, 0.4) is 0 Å². The van der Waals surface area contributed by atoms with E-state index in [0.717, 1.165) is 12.1 Å². The van der Waals surface area contributed by atoms with Gasteiger partial charge in [-0.25, -0.2) is 4.39 Å². The summed E-state index contributed by atoms with van der Waals surface area (Å²) in [6, 6.07) is 6.43. The number of rotatable bonds is 4. The van der Waals surface area contributed by atoms with Gasteiger partial charge < -0.3 is 10.6 Å². The average Bonchev–Trinajstić information content (AvgIpc) is 2.42. The zero-order chi connectivity index (χ0) is 14.5. The number of hydrogen-bond acceptors (Lipinski definition) is 2. The quantitative estimate of drug-likeness (QED) is 0.889. The summed E-state index contributed by atoms with van der Waals surface area (Å²) >= 11 is 0. The Morgan fingerprint density at radius 2 is 2.15 bits per heavy atom. The Bertz CT molecular complexity index is 446. The van der Waals surface area contributed by atoms with Gasteiger partial charge in [0.2, 0.25) is 5.91 Å². The fourth-order valence-corrected chi connectivity index (χ4v) is 2.72. The summed E-state index contributed by atoms with van der Waals surface area (Å²) in [5.74, 6) is 0.330. The molecule has 3 atom stereocenters. The van der Waals surface area contributed by atoms with Crippen LogP contribution < -0.4 is 10.6 Å². The van der Waals surface area contributed by atoms with E-state index in [1.165, 1.54) is 25.0 Å². The Kier molecular flexibility index (Phi) is 5.12. The zero-order valence-electron chi connectivity index (χ0n) is 12.2. The van der Waals surface area contributed by atoms with Crippen molar-refractivity contribution in [2.45, 2.75) is 45.2 Å². The van der Waals surface area contributed by atoms with Crippen molar-refractivity contribution >= 4 is 5.91 Å². The molecule has 0 aliphatic carbocycles. The van der Waals surface area contributed by atoms with Crippen molar-refractivity contribution in [2.75, 3.05) is 6.54 Å². The van der Waals surface area contributed by atoms with Crippen LogP contribution in [0.2, 0.25) is 0 Å². The summed E-state index contributed by atoms with van der Waals surface area (Å²) in [4.78, 5) is 12.1. The molecule has 0 spiro atoms. The van der Waals surface area contributed by atoms with Crippen LogP contribution in [-0.4, -0.2) is 18.5 Å². The number of carbonyl (C=O) groups excluding carboxylic acids is 1. The van der Waals surface area contributed by atoms with Crippen LogP contribution in [0.4, 0.5) is 4.39 Å². The molecule has 1 amide bonds. The predicted molar refractivity (Wildman–Crippen MR) is 77.8 cm³/mol. The predicted octanol–water partition coefficient (Wildman–Crippen LogP) is 2.78. The summed E-state index contributed by atoms with van der Waals surface area (Å²) in [6.07, 6.45) is 2.87. The van der Waals surface area contributed by atoms with Crippen LogP contribution in [0.5, 0.6) is 0 Å². The SMILES string of the molecule is CC(NC(=O)CC1NCCCC1C)c1ccc(F)cc1. The maximum atomic E-state index is 12.9. The van der Waals surface area contributed by atoms with Crippen molar-refractivity contribution in [3.8, 4) is 0 Å². The molecule has 110 valence electrons. The molecule has 20 heavy (non-hydrogen) atoms. The van der Waals surface area contributed by atoms with Gasteiger partial charge in [0.1, 0.15) is 5.82 Å². The molecule has 1 saturated heterocycles. The Balaban J connectivity index is 1.85. The van der Waals surface area contributed by atoms with Gasteiger partial charge in [-0.2, -0.15) is 0 Å². The van der Waals surface area contributed by atoms with Crippen LogP contribution in [-0.2, 0) is 4.79 Å². The van der Waals surface area contributed by atoms with Gasteiger partial charge in [-0.1, -0.05) is 19.1 Å². The zero-order valence-corrected chi connectivity index (χ0v) is 12.2. The number of benzene rings is 1. The molecule has 3 unspecified atom stereocenters. The van der Waals surface area contributed by atoms with E-state index in [4.69, 9.17) is 0 Å². The van der Waals surface area contributed by atoms with Gasteiger partial charge in [0.25, 0.3) is 0 Å². The van der Waals surface area contributed by atoms with Gasteiger partial charge >= 0.3 is 0 Å². The first-order valence-electron chi connectivity index (χ1n) is 7.34. The molecule has 1 aromatic carbocycles. The van der Waals surface area contributed by atoms with E-state index >= 15 is 0 Å². The Labute approximate surface area is 120 Å². The van der Waals surface area contributed by atoms with Crippen LogP contribution >= 0.6 is 0 Å². The fourth-order valence-electron chi connectivity index (χ4n) is 2.72. The third-order valence-electron chi connectivity index (χ3n) is 4.08. The van der Waals surface area contributed by atoms with E-state index in [1.807, 2.05) is 6.92 Å². The molecule has 1 aliphatic rings. The van der Waals surface area contributed by atoms with Gasteiger partial charge in [0.15, 0.2) is 0 Å². The van der Waals surface area contributed by atoms with Crippen LogP contribution in [0.25, 0.3) is 0 Å². The van der Waals surface area contributed by atoms with Crippen LogP contribution in [0.15, 0.2) is 24.3 Å². The highest BCUT2D eigenvalue weighted by Crippen LogP contribution is 2.19. The third-order valence-corrected chi connectivity index (χ3v) is 4.08. The molecule has 1 aromatic rings.